The topological polar surface area (TPSA) is 48.9 Å². The molecule has 3 heteroatoms. The zero-order chi connectivity index (χ0) is 16.6. The lowest BCUT2D eigenvalue weighted by molar-refractivity contribution is 0.275. The van der Waals surface area contributed by atoms with E-state index in [0.29, 0.717) is 5.92 Å². The Bertz CT molecular complexity index is 717. The molecule has 1 fully saturated rings. The van der Waals surface area contributed by atoms with Crippen LogP contribution in [0.25, 0.3) is 11.0 Å². The number of aromatic amines is 1. The highest BCUT2D eigenvalue weighted by Crippen LogP contribution is 2.34. The summed E-state index contributed by atoms with van der Waals surface area (Å²) < 4.78 is 0. The number of nitrogens with zero attached hydrogens (tertiary/aromatic N) is 1. The maximum absolute atomic E-state index is 9.62. The summed E-state index contributed by atoms with van der Waals surface area (Å²) in [5.74, 6) is 1.76. The van der Waals surface area contributed by atoms with Crippen molar-refractivity contribution in [2.75, 3.05) is 6.61 Å². The predicted molar refractivity (Wildman–Crippen MR) is 95.7 cm³/mol. The Balaban J connectivity index is 1.88. The quantitative estimate of drug-likeness (QED) is 0.805. The molecule has 2 aromatic rings. The highest BCUT2D eigenvalue weighted by Gasteiger charge is 2.22. The van der Waals surface area contributed by atoms with Gasteiger partial charge in [-0.15, -0.1) is 0 Å². The minimum Gasteiger partial charge on any atom is -0.392 e. The van der Waals surface area contributed by atoms with Crippen molar-refractivity contribution < 1.29 is 5.11 Å². The van der Waals surface area contributed by atoms with E-state index in [9.17, 15) is 5.11 Å². The van der Waals surface area contributed by atoms with E-state index in [1.54, 1.807) is 0 Å². The molecule has 3 nitrogen and oxygen atoms in total. The first kappa shape index (κ1) is 16.3. The average Bonchev–Trinajstić information content (AvgIpc) is 2.86. The standard InChI is InChI=1S/C20H28N2O/c1-13(10-15(12-23)14-6-5-7-14)19-21-17-9-8-16(20(2,3)4)11-18(17)22-19/h8-11,13-14,23H,5-7,12H2,1-4H3,(H,21,22)/b15-10-. The van der Waals surface area contributed by atoms with Crippen LogP contribution in [0.2, 0.25) is 0 Å². The van der Waals surface area contributed by atoms with Crippen molar-refractivity contribution in [1.29, 1.82) is 0 Å². The maximum Gasteiger partial charge on any atom is 0.113 e. The summed E-state index contributed by atoms with van der Waals surface area (Å²) in [6.45, 7) is 9.00. The zero-order valence-electron chi connectivity index (χ0n) is 14.7. The summed E-state index contributed by atoms with van der Waals surface area (Å²) in [7, 11) is 0. The van der Waals surface area contributed by atoms with Gasteiger partial charge in [0.2, 0.25) is 0 Å². The molecule has 0 bridgehead atoms. The van der Waals surface area contributed by atoms with Gasteiger partial charge >= 0.3 is 0 Å². The number of hydrogen-bond acceptors (Lipinski definition) is 2. The zero-order valence-corrected chi connectivity index (χ0v) is 14.7. The Labute approximate surface area is 138 Å². The number of aromatic nitrogens is 2. The smallest absolute Gasteiger partial charge is 0.113 e. The molecular weight excluding hydrogens is 284 g/mol. The number of rotatable bonds is 4. The lowest BCUT2D eigenvalue weighted by Crippen LogP contribution is -2.16. The van der Waals surface area contributed by atoms with Gasteiger partial charge in [-0.25, -0.2) is 4.98 Å². The van der Waals surface area contributed by atoms with Gasteiger partial charge in [0.25, 0.3) is 0 Å². The van der Waals surface area contributed by atoms with Crippen LogP contribution in [0.15, 0.2) is 29.8 Å². The Morgan fingerprint density at radius 3 is 2.70 bits per heavy atom. The van der Waals surface area contributed by atoms with E-state index in [0.717, 1.165) is 16.9 Å². The summed E-state index contributed by atoms with van der Waals surface area (Å²) in [5, 5.41) is 9.62. The summed E-state index contributed by atoms with van der Waals surface area (Å²) in [5.41, 5.74) is 4.75. The fourth-order valence-electron chi connectivity index (χ4n) is 3.21. The van der Waals surface area contributed by atoms with Crippen LogP contribution < -0.4 is 0 Å². The molecule has 0 aliphatic heterocycles. The number of aliphatic hydroxyl groups is 1. The molecule has 3 rings (SSSR count). The second kappa shape index (κ2) is 6.12. The number of imidazole rings is 1. The third-order valence-electron chi connectivity index (χ3n) is 5.07. The number of nitrogens with one attached hydrogen (secondary N) is 1. The van der Waals surface area contributed by atoms with Crippen molar-refractivity contribution in [3.8, 4) is 0 Å². The van der Waals surface area contributed by atoms with E-state index in [2.05, 4.69) is 57.0 Å². The highest BCUT2D eigenvalue weighted by molar-refractivity contribution is 5.76. The average molecular weight is 312 g/mol. The van der Waals surface area contributed by atoms with Crippen LogP contribution in [0.3, 0.4) is 0 Å². The number of allylic oxidation sites excluding steroid dienone is 1. The maximum atomic E-state index is 9.62. The van der Waals surface area contributed by atoms with Crippen LogP contribution in [0.5, 0.6) is 0 Å². The third-order valence-corrected chi connectivity index (χ3v) is 5.07. The highest BCUT2D eigenvalue weighted by atomic mass is 16.3. The van der Waals surface area contributed by atoms with E-state index in [-0.39, 0.29) is 17.9 Å². The van der Waals surface area contributed by atoms with E-state index < -0.39 is 0 Å². The van der Waals surface area contributed by atoms with Crippen molar-refractivity contribution in [2.45, 2.75) is 58.3 Å². The molecule has 1 saturated carbocycles. The van der Waals surface area contributed by atoms with E-state index in [1.165, 1.54) is 30.4 Å². The normalized spacial score (nSPS) is 18.2. The molecular formula is C20H28N2O. The molecule has 1 aliphatic carbocycles. The number of benzene rings is 1. The van der Waals surface area contributed by atoms with E-state index in [4.69, 9.17) is 4.98 Å². The van der Waals surface area contributed by atoms with Crippen LogP contribution in [-0.2, 0) is 5.41 Å². The molecule has 2 N–H and O–H groups in total. The summed E-state index contributed by atoms with van der Waals surface area (Å²) in [6, 6.07) is 6.48. The van der Waals surface area contributed by atoms with Crippen LogP contribution in [0.4, 0.5) is 0 Å². The molecule has 0 amide bonds. The van der Waals surface area contributed by atoms with Crippen molar-refractivity contribution in [3.05, 3.63) is 41.2 Å². The molecule has 1 aliphatic rings. The Morgan fingerprint density at radius 2 is 2.13 bits per heavy atom. The number of hydrogen-bond donors (Lipinski definition) is 2. The Kier molecular flexibility index (Phi) is 4.33. The van der Waals surface area contributed by atoms with Gasteiger partial charge in [-0.3, -0.25) is 0 Å². The van der Waals surface area contributed by atoms with Crippen LogP contribution in [-0.4, -0.2) is 21.7 Å². The van der Waals surface area contributed by atoms with Gasteiger partial charge in [-0.05, 0) is 47.4 Å². The van der Waals surface area contributed by atoms with E-state index >= 15 is 0 Å². The first-order chi connectivity index (χ1) is 10.9. The van der Waals surface area contributed by atoms with Crippen LogP contribution in [0.1, 0.15) is 64.3 Å². The monoisotopic (exact) mass is 312 g/mol. The van der Waals surface area contributed by atoms with Crippen molar-refractivity contribution in [1.82, 2.24) is 9.97 Å². The van der Waals surface area contributed by atoms with Gasteiger partial charge in [0.1, 0.15) is 5.82 Å². The van der Waals surface area contributed by atoms with Crippen LogP contribution >= 0.6 is 0 Å². The van der Waals surface area contributed by atoms with Crippen molar-refractivity contribution in [2.24, 2.45) is 5.92 Å². The third kappa shape index (κ3) is 3.35. The fraction of sp³-hybridized carbons (Fsp3) is 0.550. The largest absolute Gasteiger partial charge is 0.392 e. The fourth-order valence-corrected chi connectivity index (χ4v) is 3.21. The molecule has 0 radical (unpaired) electrons. The molecule has 0 spiro atoms. The molecule has 1 heterocycles. The number of H-pyrrole nitrogens is 1. The van der Waals surface area contributed by atoms with Gasteiger partial charge in [0.15, 0.2) is 0 Å². The first-order valence-electron chi connectivity index (χ1n) is 8.70. The van der Waals surface area contributed by atoms with Gasteiger partial charge in [-0.2, -0.15) is 0 Å². The molecule has 124 valence electrons. The molecule has 1 aromatic heterocycles. The van der Waals surface area contributed by atoms with Gasteiger partial charge in [0, 0.05) is 5.92 Å². The number of fused-ring (bicyclic) bond motifs is 1. The lowest BCUT2D eigenvalue weighted by Gasteiger charge is -2.28. The molecule has 1 atom stereocenters. The Morgan fingerprint density at radius 1 is 1.39 bits per heavy atom. The SMILES string of the molecule is CC(/C=C(/CO)C1CCC1)c1nc2ccc(C(C)(C)C)cc2[nH]1. The molecule has 23 heavy (non-hydrogen) atoms. The van der Waals surface area contributed by atoms with Gasteiger partial charge in [-0.1, -0.05) is 46.3 Å². The lowest BCUT2D eigenvalue weighted by atomic mass is 9.79. The Hall–Kier alpha value is -1.61. The molecule has 1 unspecified atom stereocenters. The minimum atomic E-state index is 0.138. The van der Waals surface area contributed by atoms with Gasteiger partial charge < -0.3 is 10.1 Å². The second-order valence-corrected chi connectivity index (χ2v) is 7.92. The summed E-state index contributed by atoms with van der Waals surface area (Å²) >= 11 is 0. The summed E-state index contributed by atoms with van der Waals surface area (Å²) in [6.07, 6.45) is 5.92. The van der Waals surface area contributed by atoms with Gasteiger partial charge in [0.05, 0.1) is 17.6 Å². The molecule has 0 saturated heterocycles. The first-order valence-corrected chi connectivity index (χ1v) is 8.70. The minimum absolute atomic E-state index is 0.138. The predicted octanol–water partition coefficient (Wildman–Crippen LogP) is 4.68. The van der Waals surface area contributed by atoms with Crippen LogP contribution in [0, 0.1) is 5.92 Å². The summed E-state index contributed by atoms with van der Waals surface area (Å²) in [4.78, 5) is 8.22. The van der Waals surface area contributed by atoms with Crippen molar-refractivity contribution >= 4 is 11.0 Å². The number of aliphatic hydroxyl groups excluding tert-OH is 1. The van der Waals surface area contributed by atoms with E-state index in [1.807, 2.05) is 0 Å². The second-order valence-electron chi connectivity index (χ2n) is 7.92. The molecule has 1 aromatic carbocycles. The van der Waals surface area contributed by atoms with Crippen molar-refractivity contribution in [3.63, 3.8) is 0 Å².